The van der Waals surface area contributed by atoms with Gasteiger partial charge in [0.2, 0.25) is 5.91 Å². The molecule has 1 aromatic carbocycles. The molecule has 0 bridgehead atoms. The minimum Gasteiger partial charge on any atom is -0.357 e. The number of nitrogens with one attached hydrogen (secondary N) is 3. The van der Waals surface area contributed by atoms with Gasteiger partial charge in [-0.1, -0.05) is 18.2 Å². The van der Waals surface area contributed by atoms with Crippen LogP contribution in [0.15, 0.2) is 29.3 Å². The number of benzene rings is 1. The van der Waals surface area contributed by atoms with E-state index < -0.39 is 0 Å². The fourth-order valence-corrected chi connectivity index (χ4v) is 1.80. The van der Waals surface area contributed by atoms with Crippen LogP contribution in [0, 0.1) is 5.82 Å². The molecule has 0 spiro atoms. The summed E-state index contributed by atoms with van der Waals surface area (Å²) in [5.74, 6) is 0.185. The molecule has 114 valence electrons. The molecular formula is C15H21FN4O. The van der Waals surface area contributed by atoms with E-state index in [1.165, 1.54) is 6.07 Å². The molecule has 3 N–H and O–H groups in total. The van der Waals surface area contributed by atoms with Crippen molar-refractivity contribution in [1.82, 2.24) is 16.0 Å². The van der Waals surface area contributed by atoms with E-state index in [1.54, 1.807) is 18.2 Å². The highest BCUT2D eigenvalue weighted by molar-refractivity contribution is 5.86. The van der Waals surface area contributed by atoms with Gasteiger partial charge in [-0.2, -0.15) is 0 Å². The van der Waals surface area contributed by atoms with Crippen molar-refractivity contribution >= 4 is 11.9 Å². The quantitative estimate of drug-likeness (QED) is 0.544. The number of amides is 1. The lowest BCUT2D eigenvalue weighted by atomic mass is 10.2. The summed E-state index contributed by atoms with van der Waals surface area (Å²) < 4.78 is 13.5. The molecule has 1 saturated carbocycles. The Hall–Kier alpha value is -2.11. The molecule has 0 atom stereocenters. The van der Waals surface area contributed by atoms with Crippen LogP contribution in [-0.4, -0.2) is 31.0 Å². The van der Waals surface area contributed by atoms with Gasteiger partial charge in [0, 0.05) is 18.2 Å². The van der Waals surface area contributed by atoms with Crippen LogP contribution < -0.4 is 16.0 Å². The lowest BCUT2D eigenvalue weighted by Gasteiger charge is -2.11. The molecule has 1 aliphatic carbocycles. The summed E-state index contributed by atoms with van der Waals surface area (Å²) in [6, 6.07) is 6.87. The van der Waals surface area contributed by atoms with E-state index >= 15 is 0 Å². The number of carbonyl (C=O) groups excluding carboxylic acids is 1. The highest BCUT2D eigenvalue weighted by Crippen LogP contribution is 2.18. The van der Waals surface area contributed by atoms with Crippen molar-refractivity contribution in [3.8, 4) is 0 Å². The van der Waals surface area contributed by atoms with Crippen LogP contribution in [0.4, 0.5) is 4.39 Å². The molecule has 1 fully saturated rings. The molecule has 1 amide bonds. The maximum Gasteiger partial charge on any atom is 0.239 e. The van der Waals surface area contributed by atoms with Gasteiger partial charge in [0.25, 0.3) is 0 Å². The first kappa shape index (κ1) is 15.3. The monoisotopic (exact) mass is 292 g/mol. The lowest BCUT2D eigenvalue weighted by Crippen LogP contribution is -2.43. The van der Waals surface area contributed by atoms with Gasteiger partial charge in [-0.25, -0.2) is 9.38 Å². The molecule has 0 heterocycles. The first-order chi connectivity index (χ1) is 10.2. The highest BCUT2D eigenvalue weighted by Gasteiger charge is 2.22. The Balaban J connectivity index is 1.86. The smallest absolute Gasteiger partial charge is 0.239 e. The number of guanidine groups is 1. The molecule has 21 heavy (non-hydrogen) atoms. The highest BCUT2D eigenvalue weighted by atomic mass is 19.1. The van der Waals surface area contributed by atoms with E-state index in [0.29, 0.717) is 24.1 Å². The summed E-state index contributed by atoms with van der Waals surface area (Å²) in [5.41, 5.74) is 0.525. The van der Waals surface area contributed by atoms with Gasteiger partial charge in [0.05, 0.1) is 13.1 Å². The maximum absolute atomic E-state index is 13.5. The van der Waals surface area contributed by atoms with Crippen molar-refractivity contribution < 1.29 is 9.18 Å². The number of rotatable bonds is 6. The van der Waals surface area contributed by atoms with Gasteiger partial charge in [0.15, 0.2) is 5.96 Å². The fourth-order valence-electron chi connectivity index (χ4n) is 1.80. The standard InChI is InChI=1S/C15H21FN4O/c1-2-17-15(19-10-14(21)20-12-7-8-12)18-9-11-5-3-4-6-13(11)16/h3-6,12H,2,7-10H2,1H3,(H,20,21)(H2,17,18,19). The van der Waals surface area contributed by atoms with Crippen LogP contribution in [-0.2, 0) is 11.3 Å². The molecule has 0 saturated heterocycles. The molecular weight excluding hydrogens is 271 g/mol. The van der Waals surface area contributed by atoms with Gasteiger partial charge in [-0.15, -0.1) is 0 Å². The summed E-state index contributed by atoms with van der Waals surface area (Å²) in [6.45, 7) is 3.00. The second-order valence-electron chi connectivity index (χ2n) is 4.98. The van der Waals surface area contributed by atoms with Crippen molar-refractivity contribution in [3.63, 3.8) is 0 Å². The predicted octanol–water partition coefficient (Wildman–Crippen LogP) is 1.16. The van der Waals surface area contributed by atoms with E-state index in [-0.39, 0.29) is 24.8 Å². The van der Waals surface area contributed by atoms with E-state index in [9.17, 15) is 9.18 Å². The zero-order valence-corrected chi connectivity index (χ0v) is 12.2. The normalized spacial score (nSPS) is 14.7. The number of carbonyl (C=O) groups is 1. The van der Waals surface area contributed by atoms with Gasteiger partial charge in [-0.05, 0) is 25.8 Å². The second kappa shape index (κ2) is 7.61. The Labute approximate surface area is 124 Å². The molecule has 6 heteroatoms. The Bertz CT molecular complexity index is 514. The largest absolute Gasteiger partial charge is 0.357 e. The number of hydrogen-bond donors (Lipinski definition) is 3. The number of nitrogens with zero attached hydrogens (tertiary/aromatic N) is 1. The third-order valence-corrected chi connectivity index (χ3v) is 3.07. The first-order valence-corrected chi connectivity index (χ1v) is 7.24. The predicted molar refractivity (Wildman–Crippen MR) is 80.4 cm³/mol. The molecule has 1 aliphatic rings. The molecule has 0 radical (unpaired) electrons. The van der Waals surface area contributed by atoms with Crippen LogP contribution in [0.25, 0.3) is 0 Å². The SMILES string of the molecule is CCNC(=NCc1ccccc1F)NCC(=O)NC1CC1. The summed E-state index contributed by atoms with van der Waals surface area (Å²) >= 11 is 0. The van der Waals surface area contributed by atoms with Crippen molar-refractivity contribution in [2.24, 2.45) is 4.99 Å². The zero-order chi connectivity index (χ0) is 15.1. The average molecular weight is 292 g/mol. The van der Waals surface area contributed by atoms with Gasteiger partial charge >= 0.3 is 0 Å². The molecule has 0 unspecified atom stereocenters. The molecule has 0 aliphatic heterocycles. The Morgan fingerprint density at radius 2 is 2.10 bits per heavy atom. The minimum absolute atomic E-state index is 0.0472. The van der Waals surface area contributed by atoms with Gasteiger partial charge < -0.3 is 16.0 Å². The minimum atomic E-state index is -0.274. The van der Waals surface area contributed by atoms with E-state index in [1.807, 2.05) is 6.92 Å². The van der Waals surface area contributed by atoms with Crippen LogP contribution in [0.3, 0.4) is 0 Å². The molecule has 2 rings (SSSR count). The Morgan fingerprint density at radius 3 is 2.76 bits per heavy atom. The van der Waals surface area contributed by atoms with Crippen LogP contribution >= 0.6 is 0 Å². The topological polar surface area (TPSA) is 65.5 Å². The van der Waals surface area contributed by atoms with Crippen LogP contribution in [0.5, 0.6) is 0 Å². The Kier molecular flexibility index (Phi) is 5.54. The van der Waals surface area contributed by atoms with Crippen molar-refractivity contribution in [3.05, 3.63) is 35.6 Å². The lowest BCUT2D eigenvalue weighted by molar-refractivity contribution is -0.120. The third-order valence-electron chi connectivity index (χ3n) is 3.07. The van der Waals surface area contributed by atoms with Gasteiger partial charge in [0.1, 0.15) is 5.82 Å². The zero-order valence-electron chi connectivity index (χ0n) is 12.2. The number of aliphatic imine (C=N–C) groups is 1. The summed E-state index contributed by atoms with van der Waals surface area (Å²) in [5, 5.41) is 8.87. The second-order valence-corrected chi connectivity index (χ2v) is 4.98. The van der Waals surface area contributed by atoms with Gasteiger partial charge in [-0.3, -0.25) is 4.79 Å². The van der Waals surface area contributed by atoms with E-state index in [2.05, 4.69) is 20.9 Å². The van der Waals surface area contributed by atoms with Crippen molar-refractivity contribution in [2.75, 3.05) is 13.1 Å². The summed E-state index contributed by atoms with van der Waals surface area (Å²) in [7, 11) is 0. The molecule has 5 nitrogen and oxygen atoms in total. The molecule has 1 aromatic rings. The van der Waals surface area contributed by atoms with E-state index in [4.69, 9.17) is 0 Å². The summed E-state index contributed by atoms with van der Waals surface area (Å²) in [4.78, 5) is 15.9. The fraction of sp³-hybridized carbons (Fsp3) is 0.467. The number of halogens is 1. The van der Waals surface area contributed by atoms with Crippen LogP contribution in [0.1, 0.15) is 25.3 Å². The van der Waals surface area contributed by atoms with Crippen molar-refractivity contribution in [2.45, 2.75) is 32.4 Å². The van der Waals surface area contributed by atoms with Crippen molar-refractivity contribution in [1.29, 1.82) is 0 Å². The third kappa shape index (κ3) is 5.41. The molecule has 0 aromatic heterocycles. The average Bonchev–Trinajstić information content (AvgIpc) is 3.27. The van der Waals surface area contributed by atoms with Crippen LogP contribution in [0.2, 0.25) is 0 Å². The first-order valence-electron chi connectivity index (χ1n) is 7.24. The number of hydrogen-bond acceptors (Lipinski definition) is 2. The maximum atomic E-state index is 13.5. The summed E-state index contributed by atoms with van der Waals surface area (Å²) in [6.07, 6.45) is 2.13. The van der Waals surface area contributed by atoms with E-state index in [0.717, 1.165) is 12.8 Å². The Morgan fingerprint density at radius 1 is 1.33 bits per heavy atom.